The Morgan fingerprint density at radius 1 is 1.36 bits per heavy atom. The summed E-state index contributed by atoms with van der Waals surface area (Å²) in [6.07, 6.45) is 1.24. The number of hydrogen-bond acceptors (Lipinski definition) is 5. The highest BCUT2D eigenvalue weighted by atomic mass is 35.5. The van der Waals surface area contributed by atoms with Crippen molar-refractivity contribution in [3.8, 4) is 11.1 Å². The molecular formula is C15H10ClN2O3S-. The molecule has 112 valence electrons. The van der Waals surface area contributed by atoms with Crippen molar-refractivity contribution in [2.75, 3.05) is 0 Å². The molecule has 0 saturated heterocycles. The quantitative estimate of drug-likeness (QED) is 0.733. The van der Waals surface area contributed by atoms with Crippen LogP contribution in [0.3, 0.4) is 0 Å². The second-order valence-electron chi connectivity index (χ2n) is 4.77. The molecule has 5 nitrogen and oxygen atoms in total. The van der Waals surface area contributed by atoms with Crippen LogP contribution in [0.1, 0.15) is 4.88 Å². The molecule has 0 unspecified atom stereocenters. The molecular weight excluding hydrogens is 324 g/mol. The Morgan fingerprint density at radius 3 is 2.68 bits per heavy atom. The number of thiophene rings is 1. The van der Waals surface area contributed by atoms with Gasteiger partial charge in [0.05, 0.1) is 24.2 Å². The van der Waals surface area contributed by atoms with E-state index in [-0.39, 0.29) is 5.56 Å². The lowest BCUT2D eigenvalue weighted by atomic mass is 10.0. The van der Waals surface area contributed by atoms with Gasteiger partial charge in [-0.3, -0.25) is 9.36 Å². The average Bonchev–Trinajstić information content (AvgIpc) is 2.80. The van der Waals surface area contributed by atoms with Crippen LogP contribution in [0.2, 0.25) is 5.02 Å². The maximum Gasteiger partial charge on any atom is 0.263 e. The van der Waals surface area contributed by atoms with Crippen molar-refractivity contribution in [1.29, 1.82) is 0 Å². The predicted octanol–water partition coefficient (Wildman–Crippen LogP) is 1.84. The Morgan fingerprint density at radius 2 is 2.05 bits per heavy atom. The lowest BCUT2D eigenvalue weighted by molar-refractivity contribution is -0.306. The molecule has 3 aromatic rings. The van der Waals surface area contributed by atoms with Gasteiger partial charge < -0.3 is 9.90 Å². The monoisotopic (exact) mass is 333 g/mol. The van der Waals surface area contributed by atoms with Crippen molar-refractivity contribution in [3.05, 3.63) is 50.8 Å². The number of carboxylic acids is 1. The third kappa shape index (κ3) is 2.51. The highest BCUT2D eigenvalue weighted by molar-refractivity contribution is 7.19. The van der Waals surface area contributed by atoms with Gasteiger partial charge in [0.2, 0.25) is 0 Å². The van der Waals surface area contributed by atoms with Crippen molar-refractivity contribution in [3.63, 3.8) is 0 Å². The van der Waals surface area contributed by atoms with E-state index in [1.54, 1.807) is 12.1 Å². The van der Waals surface area contributed by atoms with Crippen LogP contribution in [0.5, 0.6) is 0 Å². The molecule has 0 fully saturated rings. The number of halogens is 1. The number of nitrogens with zero attached hydrogens (tertiary/aromatic N) is 2. The summed E-state index contributed by atoms with van der Waals surface area (Å²) in [7, 11) is 0. The zero-order chi connectivity index (χ0) is 15.9. The molecule has 0 aliphatic carbocycles. The van der Waals surface area contributed by atoms with Crippen molar-refractivity contribution >= 4 is 39.1 Å². The smallest absolute Gasteiger partial charge is 0.263 e. The first-order valence-corrected chi connectivity index (χ1v) is 7.61. The van der Waals surface area contributed by atoms with Crippen LogP contribution >= 0.6 is 22.9 Å². The van der Waals surface area contributed by atoms with Gasteiger partial charge in [-0.15, -0.1) is 11.3 Å². The summed E-state index contributed by atoms with van der Waals surface area (Å²) in [5, 5.41) is 11.8. The normalized spacial score (nSPS) is 11.0. The van der Waals surface area contributed by atoms with E-state index in [0.717, 1.165) is 20.6 Å². The summed E-state index contributed by atoms with van der Waals surface area (Å²) >= 11 is 7.30. The first kappa shape index (κ1) is 14.7. The summed E-state index contributed by atoms with van der Waals surface area (Å²) < 4.78 is 1.04. The van der Waals surface area contributed by atoms with Gasteiger partial charge in [0, 0.05) is 15.5 Å². The average molecular weight is 334 g/mol. The summed E-state index contributed by atoms with van der Waals surface area (Å²) in [6.45, 7) is 1.38. The molecule has 2 heterocycles. The van der Waals surface area contributed by atoms with Gasteiger partial charge in [-0.1, -0.05) is 23.7 Å². The third-order valence-corrected chi connectivity index (χ3v) is 4.55. The van der Waals surface area contributed by atoms with Crippen LogP contribution < -0.4 is 10.7 Å². The van der Waals surface area contributed by atoms with E-state index >= 15 is 0 Å². The highest BCUT2D eigenvalue weighted by Gasteiger charge is 2.16. The first-order valence-electron chi connectivity index (χ1n) is 6.41. The van der Waals surface area contributed by atoms with Gasteiger partial charge in [0.1, 0.15) is 4.83 Å². The van der Waals surface area contributed by atoms with Gasteiger partial charge in [-0.2, -0.15) is 0 Å². The molecule has 0 atom stereocenters. The number of aromatic nitrogens is 2. The Hall–Kier alpha value is -2.18. The van der Waals surface area contributed by atoms with E-state index in [4.69, 9.17) is 11.6 Å². The summed E-state index contributed by atoms with van der Waals surface area (Å²) in [5.74, 6) is -1.33. The van der Waals surface area contributed by atoms with Gasteiger partial charge in [0.15, 0.2) is 0 Å². The Bertz CT molecular complexity index is 928. The molecule has 0 spiro atoms. The minimum absolute atomic E-state index is 0.386. The van der Waals surface area contributed by atoms with Crippen molar-refractivity contribution < 1.29 is 9.90 Å². The van der Waals surface area contributed by atoms with E-state index in [0.29, 0.717) is 15.2 Å². The molecule has 7 heteroatoms. The van der Waals surface area contributed by atoms with Gasteiger partial charge >= 0.3 is 0 Å². The summed E-state index contributed by atoms with van der Waals surface area (Å²) in [5.41, 5.74) is 1.23. The Labute approximate surface area is 134 Å². The molecule has 0 N–H and O–H groups in total. The van der Waals surface area contributed by atoms with Crippen LogP contribution in [-0.2, 0) is 11.3 Å². The Balaban J connectivity index is 2.29. The zero-order valence-corrected chi connectivity index (χ0v) is 13.1. The SMILES string of the molecule is Cc1sc2ncn(CC(=O)[O-])c(=O)c2c1-c1ccc(Cl)cc1. The topological polar surface area (TPSA) is 75.0 Å². The lowest BCUT2D eigenvalue weighted by Gasteiger charge is -2.07. The molecule has 0 amide bonds. The molecule has 0 bridgehead atoms. The lowest BCUT2D eigenvalue weighted by Crippen LogP contribution is -2.32. The van der Waals surface area contributed by atoms with Crippen molar-refractivity contribution in [1.82, 2.24) is 9.55 Å². The number of carbonyl (C=O) groups is 1. The second-order valence-corrected chi connectivity index (χ2v) is 6.41. The van der Waals surface area contributed by atoms with Crippen LogP contribution in [-0.4, -0.2) is 15.5 Å². The summed E-state index contributed by atoms with van der Waals surface area (Å²) in [4.78, 5) is 29.0. The highest BCUT2D eigenvalue weighted by Crippen LogP contribution is 2.35. The van der Waals surface area contributed by atoms with Crippen LogP contribution in [0.25, 0.3) is 21.3 Å². The molecule has 0 radical (unpaired) electrons. The molecule has 3 rings (SSSR count). The minimum atomic E-state index is -1.33. The number of fused-ring (bicyclic) bond motifs is 1. The standard InChI is InChI=1S/C15H11ClN2O3S/c1-8-12(9-2-4-10(16)5-3-9)13-14(22-8)17-7-18(15(13)21)6-11(19)20/h2-5,7H,6H2,1H3,(H,19,20)/p-1. The van der Waals surface area contributed by atoms with E-state index in [2.05, 4.69) is 4.98 Å². The molecule has 0 aliphatic heterocycles. The van der Waals surface area contributed by atoms with E-state index < -0.39 is 12.5 Å². The van der Waals surface area contributed by atoms with Crippen LogP contribution in [0.4, 0.5) is 0 Å². The zero-order valence-electron chi connectivity index (χ0n) is 11.5. The first-order chi connectivity index (χ1) is 10.5. The third-order valence-electron chi connectivity index (χ3n) is 3.29. The molecule has 1 aromatic carbocycles. The van der Waals surface area contributed by atoms with E-state index in [9.17, 15) is 14.7 Å². The maximum absolute atomic E-state index is 12.6. The number of benzene rings is 1. The van der Waals surface area contributed by atoms with Gasteiger partial charge in [-0.25, -0.2) is 4.98 Å². The maximum atomic E-state index is 12.6. The number of carbonyl (C=O) groups excluding carboxylic acids is 1. The number of aryl methyl sites for hydroxylation is 1. The number of hydrogen-bond donors (Lipinski definition) is 0. The number of rotatable bonds is 3. The number of carboxylic acid groups (broad SMARTS) is 1. The Kier molecular flexibility index (Phi) is 3.72. The summed E-state index contributed by atoms with van der Waals surface area (Å²) in [6, 6.07) is 7.14. The second kappa shape index (κ2) is 5.55. The largest absolute Gasteiger partial charge is 0.548 e. The fraction of sp³-hybridized carbons (Fsp3) is 0.133. The van der Waals surface area contributed by atoms with Crippen molar-refractivity contribution in [2.45, 2.75) is 13.5 Å². The molecule has 2 aromatic heterocycles. The fourth-order valence-corrected chi connectivity index (χ4v) is 3.48. The van der Waals surface area contributed by atoms with Crippen LogP contribution in [0.15, 0.2) is 35.4 Å². The molecule has 22 heavy (non-hydrogen) atoms. The molecule has 0 saturated carbocycles. The van der Waals surface area contributed by atoms with Crippen LogP contribution in [0, 0.1) is 6.92 Å². The van der Waals surface area contributed by atoms with E-state index in [1.807, 2.05) is 19.1 Å². The molecule has 0 aliphatic rings. The van der Waals surface area contributed by atoms with Gasteiger partial charge in [0.25, 0.3) is 5.56 Å². The van der Waals surface area contributed by atoms with Gasteiger partial charge in [-0.05, 0) is 24.6 Å². The minimum Gasteiger partial charge on any atom is -0.548 e. The van der Waals surface area contributed by atoms with Crippen molar-refractivity contribution in [2.24, 2.45) is 0 Å². The number of aliphatic carboxylic acids is 1. The fourth-order valence-electron chi connectivity index (χ4n) is 2.35. The van der Waals surface area contributed by atoms with E-state index in [1.165, 1.54) is 17.7 Å². The predicted molar refractivity (Wildman–Crippen MR) is 84.1 cm³/mol.